The Bertz CT molecular complexity index is 1080. The summed E-state index contributed by atoms with van der Waals surface area (Å²) in [6.45, 7) is -1.43. The molecule has 2 aromatic carbocycles. The van der Waals surface area contributed by atoms with Gasteiger partial charge < -0.3 is 15.2 Å². The first kappa shape index (κ1) is 24.3. The Kier molecular flexibility index (Phi) is 7.78. The second kappa shape index (κ2) is 10.5. The Hall–Kier alpha value is -3.30. The number of halogens is 2. The van der Waals surface area contributed by atoms with Crippen molar-refractivity contribution in [1.82, 2.24) is 10.6 Å². The van der Waals surface area contributed by atoms with E-state index in [2.05, 4.69) is 10.6 Å². The summed E-state index contributed by atoms with van der Waals surface area (Å²) in [6, 6.07) is 13.6. The second-order valence-electron chi connectivity index (χ2n) is 7.49. The third-order valence-electron chi connectivity index (χ3n) is 5.35. The number of benzene rings is 2. The second-order valence-corrected chi connectivity index (χ2v) is 7.90. The Morgan fingerprint density at radius 3 is 2.55 bits per heavy atom. The lowest BCUT2D eigenvalue weighted by molar-refractivity contribution is -0.159. The van der Waals surface area contributed by atoms with Crippen LogP contribution in [0.25, 0.3) is 0 Å². The molecule has 2 unspecified atom stereocenters. The number of Topliss-reactive ketones (excluding diaryl/α,β-unsaturated/α-hetero) is 1. The lowest BCUT2D eigenvalue weighted by atomic mass is 9.87. The number of rotatable bonds is 9. The predicted molar refractivity (Wildman–Crippen MR) is 116 cm³/mol. The number of nitrogens with one attached hydrogen (secondary N) is 2. The van der Waals surface area contributed by atoms with Gasteiger partial charge >= 0.3 is 11.9 Å². The zero-order chi connectivity index (χ0) is 24.0. The van der Waals surface area contributed by atoms with E-state index >= 15 is 0 Å². The van der Waals surface area contributed by atoms with Gasteiger partial charge in [-0.3, -0.25) is 19.7 Å². The highest BCUT2D eigenvalue weighted by molar-refractivity contribution is 6.31. The average Bonchev–Trinajstić information content (AvgIpc) is 2.81. The van der Waals surface area contributed by atoms with Crippen molar-refractivity contribution in [3.05, 3.63) is 70.2 Å². The van der Waals surface area contributed by atoms with Gasteiger partial charge in [0, 0.05) is 22.7 Å². The van der Waals surface area contributed by atoms with Gasteiger partial charge in [0.25, 0.3) is 0 Å². The number of carboxylic acid groups (broad SMARTS) is 1. The number of carbonyl (C=O) groups is 4. The molecule has 0 saturated carbocycles. The SMILES string of the molecule is O=C(O)CC(C(=O)CF)C(=O)NC1(C(=O)OCc2ccccc2Cl)NCCc2ccccc21. The number of alkyl halides is 1. The van der Waals surface area contributed by atoms with E-state index < -0.39 is 48.3 Å². The summed E-state index contributed by atoms with van der Waals surface area (Å²) in [5.41, 5.74) is -0.233. The number of fused-ring (bicyclic) bond motifs is 1. The van der Waals surface area contributed by atoms with Crippen molar-refractivity contribution in [3.63, 3.8) is 0 Å². The third-order valence-corrected chi connectivity index (χ3v) is 5.72. The van der Waals surface area contributed by atoms with Gasteiger partial charge in [-0.25, -0.2) is 9.18 Å². The van der Waals surface area contributed by atoms with Crippen molar-refractivity contribution >= 4 is 35.2 Å². The van der Waals surface area contributed by atoms with Crippen LogP contribution in [-0.4, -0.2) is 42.0 Å². The quantitative estimate of drug-likeness (QED) is 0.374. The smallest absolute Gasteiger partial charge is 0.352 e. The molecule has 174 valence electrons. The lowest BCUT2D eigenvalue weighted by Gasteiger charge is -2.39. The number of ketones is 1. The maximum Gasteiger partial charge on any atom is 0.352 e. The fourth-order valence-electron chi connectivity index (χ4n) is 3.69. The van der Waals surface area contributed by atoms with Gasteiger partial charge in [-0.05, 0) is 18.1 Å². The van der Waals surface area contributed by atoms with Crippen LogP contribution in [0.15, 0.2) is 48.5 Å². The molecular weight excluding hydrogens is 455 g/mol. The Morgan fingerprint density at radius 2 is 1.85 bits per heavy atom. The maximum absolute atomic E-state index is 13.4. The van der Waals surface area contributed by atoms with Gasteiger partial charge in [-0.15, -0.1) is 0 Å². The topological polar surface area (TPSA) is 122 Å². The van der Waals surface area contributed by atoms with E-state index in [-0.39, 0.29) is 13.2 Å². The fraction of sp³-hybridized carbons (Fsp3) is 0.304. The normalized spacial score (nSPS) is 18.0. The fourth-order valence-corrected chi connectivity index (χ4v) is 3.88. The molecule has 0 aromatic heterocycles. The third kappa shape index (κ3) is 5.37. The summed E-state index contributed by atoms with van der Waals surface area (Å²) in [6.07, 6.45) is -0.367. The zero-order valence-electron chi connectivity index (χ0n) is 17.5. The monoisotopic (exact) mass is 476 g/mol. The van der Waals surface area contributed by atoms with Crippen molar-refractivity contribution in [3.8, 4) is 0 Å². The van der Waals surface area contributed by atoms with Crippen molar-refractivity contribution < 1.29 is 33.4 Å². The van der Waals surface area contributed by atoms with Crippen LogP contribution in [0, 0.1) is 5.92 Å². The van der Waals surface area contributed by atoms with Gasteiger partial charge in [0.05, 0.1) is 6.42 Å². The first-order valence-corrected chi connectivity index (χ1v) is 10.5. The molecule has 1 aliphatic rings. The van der Waals surface area contributed by atoms with Crippen LogP contribution >= 0.6 is 11.6 Å². The van der Waals surface area contributed by atoms with Gasteiger partial charge in [-0.2, -0.15) is 0 Å². The number of hydrogen-bond acceptors (Lipinski definition) is 6. The molecule has 3 N–H and O–H groups in total. The highest BCUT2D eigenvalue weighted by atomic mass is 35.5. The van der Waals surface area contributed by atoms with E-state index in [1.165, 1.54) is 0 Å². The van der Waals surface area contributed by atoms with Gasteiger partial charge in [0.1, 0.15) is 19.2 Å². The number of hydrogen-bond donors (Lipinski definition) is 3. The highest BCUT2D eigenvalue weighted by Gasteiger charge is 2.48. The van der Waals surface area contributed by atoms with Crippen LogP contribution in [0.1, 0.15) is 23.1 Å². The Labute approximate surface area is 194 Å². The zero-order valence-corrected chi connectivity index (χ0v) is 18.2. The van der Waals surface area contributed by atoms with Gasteiger partial charge in [0.2, 0.25) is 11.6 Å². The van der Waals surface area contributed by atoms with Crippen molar-refractivity contribution in [2.75, 3.05) is 13.2 Å². The number of aliphatic carboxylic acids is 1. The molecule has 0 saturated heterocycles. The molecule has 8 nitrogen and oxygen atoms in total. The van der Waals surface area contributed by atoms with Crippen molar-refractivity contribution in [1.29, 1.82) is 0 Å². The molecule has 0 bridgehead atoms. The largest absolute Gasteiger partial charge is 0.481 e. The van der Waals surface area contributed by atoms with E-state index in [9.17, 15) is 23.6 Å². The van der Waals surface area contributed by atoms with Crippen LogP contribution in [0.5, 0.6) is 0 Å². The molecule has 1 aliphatic heterocycles. The average molecular weight is 477 g/mol. The number of ether oxygens (including phenoxy) is 1. The number of carbonyl (C=O) groups excluding carboxylic acids is 3. The number of esters is 1. The molecule has 0 spiro atoms. The molecule has 33 heavy (non-hydrogen) atoms. The molecule has 1 heterocycles. The van der Waals surface area contributed by atoms with Crippen molar-refractivity contribution in [2.24, 2.45) is 5.92 Å². The molecule has 10 heteroatoms. The van der Waals surface area contributed by atoms with Crippen molar-refractivity contribution in [2.45, 2.75) is 25.1 Å². The number of amides is 1. The predicted octanol–water partition coefficient (Wildman–Crippen LogP) is 2.13. The van der Waals surface area contributed by atoms with E-state index in [4.69, 9.17) is 21.4 Å². The summed E-state index contributed by atoms with van der Waals surface area (Å²) in [7, 11) is 0. The van der Waals surface area contributed by atoms with Gasteiger partial charge in [-0.1, -0.05) is 54.1 Å². The molecule has 0 fully saturated rings. The molecule has 0 aliphatic carbocycles. The maximum atomic E-state index is 13.4. The minimum absolute atomic E-state index is 0.193. The van der Waals surface area contributed by atoms with E-state index in [1.807, 2.05) is 0 Å². The van der Waals surface area contributed by atoms with Crippen LogP contribution in [-0.2, 0) is 42.6 Å². The summed E-state index contributed by atoms with van der Waals surface area (Å²) >= 11 is 6.13. The summed E-state index contributed by atoms with van der Waals surface area (Å²) in [4.78, 5) is 49.4. The van der Waals surface area contributed by atoms with Crippen LogP contribution < -0.4 is 10.6 Å². The molecule has 1 amide bonds. The minimum Gasteiger partial charge on any atom is -0.481 e. The van der Waals surface area contributed by atoms with Crippen LogP contribution in [0.2, 0.25) is 5.02 Å². The Morgan fingerprint density at radius 1 is 1.15 bits per heavy atom. The highest BCUT2D eigenvalue weighted by Crippen LogP contribution is 2.29. The summed E-state index contributed by atoms with van der Waals surface area (Å²) < 4.78 is 18.5. The standard InChI is InChI=1S/C23H22ClFN2O6/c24-18-8-4-2-6-15(18)13-33-22(32)23(17-7-3-1-5-14(17)9-10-26-23)27-21(31)16(11-20(29)30)19(28)12-25/h1-8,16,26H,9-13H2,(H,27,31)(H,29,30). The van der Waals surface area contributed by atoms with Crippen LogP contribution in [0.3, 0.4) is 0 Å². The summed E-state index contributed by atoms with van der Waals surface area (Å²) in [5, 5.41) is 14.9. The van der Waals surface area contributed by atoms with E-state index in [1.54, 1.807) is 48.5 Å². The molecule has 2 atom stereocenters. The minimum atomic E-state index is -1.90. The van der Waals surface area contributed by atoms with E-state index in [0.29, 0.717) is 22.6 Å². The lowest BCUT2D eigenvalue weighted by Crippen LogP contribution is -2.65. The summed E-state index contributed by atoms with van der Waals surface area (Å²) in [5.74, 6) is -6.44. The molecule has 3 rings (SSSR count). The van der Waals surface area contributed by atoms with E-state index in [0.717, 1.165) is 5.56 Å². The van der Waals surface area contributed by atoms with Gasteiger partial charge in [0.15, 0.2) is 5.78 Å². The van der Waals surface area contributed by atoms with Crippen LogP contribution in [0.4, 0.5) is 4.39 Å². The first-order valence-electron chi connectivity index (χ1n) is 10.1. The Balaban J connectivity index is 1.96. The first-order chi connectivity index (χ1) is 15.8. The number of carboxylic acids is 1. The molecule has 0 radical (unpaired) electrons. The molecular formula is C23H22ClFN2O6. The molecule has 2 aromatic rings.